The maximum Gasteiger partial charge on any atom is 0.238 e. The van der Waals surface area contributed by atoms with Crippen molar-refractivity contribution in [2.24, 2.45) is 0 Å². The lowest BCUT2D eigenvalue weighted by molar-refractivity contribution is -0.123. The normalized spacial score (nSPS) is 14.6. The SMILES string of the molecule is COc1cc(NC(=O)CN2CCN(CC(=O)NCc3ccccc3)CC2)c(OC)cc1Cl. The Hall–Kier alpha value is -2.81. The summed E-state index contributed by atoms with van der Waals surface area (Å²) in [4.78, 5) is 28.9. The van der Waals surface area contributed by atoms with E-state index in [1.807, 2.05) is 30.3 Å². The van der Waals surface area contributed by atoms with E-state index >= 15 is 0 Å². The van der Waals surface area contributed by atoms with Gasteiger partial charge in [-0.3, -0.25) is 19.4 Å². The summed E-state index contributed by atoms with van der Waals surface area (Å²) < 4.78 is 10.5. The third-order valence-electron chi connectivity index (χ3n) is 5.28. The van der Waals surface area contributed by atoms with E-state index in [0.29, 0.717) is 48.4 Å². The first-order valence-corrected chi connectivity index (χ1v) is 10.8. The molecule has 1 aliphatic heterocycles. The van der Waals surface area contributed by atoms with Crippen LogP contribution in [0.25, 0.3) is 0 Å². The molecule has 0 atom stereocenters. The zero-order chi connectivity index (χ0) is 22.9. The van der Waals surface area contributed by atoms with Crippen molar-refractivity contribution in [3.63, 3.8) is 0 Å². The van der Waals surface area contributed by atoms with E-state index in [9.17, 15) is 9.59 Å². The standard InChI is InChI=1S/C23H29ClN4O4/c1-31-20-13-19(21(32-2)12-18(20)24)26-23(30)16-28-10-8-27(9-11-28)15-22(29)25-14-17-6-4-3-5-7-17/h3-7,12-13H,8-11,14-16H2,1-2H3,(H,25,29)(H,26,30). The minimum Gasteiger partial charge on any atom is -0.495 e. The second-order valence-corrected chi connectivity index (χ2v) is 7.96. The molecule has 3 rings (SSSR count). The van der Waals surface area contributed by atoms with Crippen LogP contribution in [0.5, 0.6) is 11.5 Å². The Morgan fingerprint density at radius 2 is 1.50 bits per heavy atom. The lowest BCUT2D eigenvalue weighted by Gasteiger charge is -2.33. The summed E-state index contributed by atoms with van der Waals surface area (Å²) in [7, 11) is 3.03. The Labute approximate surface area is 193 Å². The predicted molar refractivity (Wildman–Crippen MR) is 124 cm³/mol. The van der Waals surface area contributed by atoms with Crippen molar-refractivity contribution in [3.8, 4) is 11.5 Å². The van der Waals surface area contributed by atoms with Gasteiger partial charge in [0.05, 0.1) is 38.0 Å². The van der Waals surface area contributed by atoms with Gasteiger partial charge in [-0.25, -0.2) is 0 Å². The maximum atomic E-state index is 12.6. The lowest BCUT2D eigenvalue weighted by atomic mass is 10.2. The van der Waals surface area contributed by atoms with Crippen molar-refractivity contribution < 1.29 is 19.1 Å². The summed E-state index contributed by atoms with van der Waals surface area (Å²) in [6.07, 6.45) is 0. The lowest BCUT2D eigenvalue weighted by Crippen LogP contribution is -2.50. The van der Waals surface area contributed by atoms with Crippen LogP contribution in [0.4, 0.5) is 5.69 Å². The summed E-state index contributed by atoms with van der Waals surface area (Å²) >= 11 is 6.11. The molecule has 2 amide bonds. The summed E-state index contributed by atoms with van der Waals surface area (Å²) in [5, 5.41) is 6.22. The van der Waals surface area contributed by atoms with Crippen LogP contribution in [-0.4, -0.2) is 75.1 Å². The second-order valence-electron chi connectivity index (χ2n) is 7.55. The smallest absolute Gasteiger partial charge is 0.238 e. The summed E-state index contributed by atoms with van der Waals surface area (Å²) in [5.74, 6) is 0.781. The molecule has 8 nitrogen and oxygen atoms in total. The van der Waals surface area contributed by atoms with Crippen LogP contribution in [0, 0.1) is 0 Å². The van der Waals surface area contributed by atoms with Gasteiger partial charge in [-0.2, -0.15) is 0 Å². The van der Waals surface area contributed by atoms with Gasteiger partial charge in [-0.05, 0) is 5.56 Å². The van der Waals surface area contributed by atoms with E-state index in [1.54, 1.807) is 12.1 Å². The highest BCUT2D eigenvalue weighted by molar-refractivity contribution is 6.32. The summed E-state index contributed by atoms with van der Waals surface area (Å²) in [5.41, 5.74) is 1.58. The molecular formula is C23H29ClN4O4. The number of benzene rings is 2. The fourth-order valence-electron chi connectivity index (χ4n) is 3.51. The van der Waals surface area contributed by atoms with Gasteiger partial charge in [0.1, 0.15) is 11.5 Å². The highest BCUT2D eigenvalue weighted by atomic mass is 35.5. The van der Waals surface area contributed by atoms with Crippen molar-refractivity contribution in [2.45, 2.75) is 6.54 Å². The first-order valence-electron chi connectivity index (χ1n) is 10.4. The molecule has 1 aliphatic rings. The Morgan fingerprint density at radius 3 is 2.09 bits per heavy atom. The summed E-state index contributed by atoms with van der Waals surface area (Å²) in [6, 6.07) is 13.1. The number of nitrogens with one attached hydrogen (secondary N) is 2. The van der Waals surface area contributed by atoms with Crippen LogP contribution in [0.3, 0.4) is 0 Å². The van der Waals surface area contributed by atoms with Crippen LogP contribution in [0.2, 0.25) is 5.02 Å². The fraction of sp³-hybridized carbons (Fsp3) is 0.391. The number of anilines is 1. The summed E-state index contributed by atoms with van der Waals surface area (Å²) in [6.45, 7) is 4.00. The number of methoxy groups -OCH3 is 2. The average Bonchev–Trinajstić information content (AvgIpc) is 2.80. The van der Waals surface area contributed by atoms with Gasteiger partial charge >= 0.3 is 0 Å². The molecule has 2 N–H and O–H groups in total. The number of hydrogen-bond acceptors (Lipinski definition) is 6. The fourth-order valence-corrected chi connectivity index (χ4v) is 3.74. The van der Waals surface area contributed by atoms with Gasteiger partial charge in [0, 0.05) is 44.9 Å². The molecule has 0 aromatic heterocycles. The maximum absolute atomic E-state index is 12.6. The molecule has 1 saturated heterocycles. The predicted octanol–water partition coefficient (Wildman–Crippen LogP) is 2.23. The van der Waals surface area contributed by atoms with E-state index in [4.69, 9.17) is 21.1 Å². The number of amides is 2. The molecule has 32 heavy (non-hydrogen) atoms. The number of hydrogen-bond donors (Lipinski definition) is 2. The molecule has 2 aromatic rings. The molecular weight excluding hydrogens is 432 g/mol. The number of carbonyl (C=O) groups is 2. The van der Waals surface area contributed by atoms with Gasteiger partial charge in [0.2, 0.25) is 11.8 Å². The van der Waals surface area contributed by atoms with E-state index in [2.05, 4.69) is 20.4 Å². The molecule has 172 valence electrons. The molecule has 0 bridgehead atoms. The first-order chi connectivity index (χ1) is 15.5. The Kier molecular flexibility index (Phi) is 8.72. The molecule has 1 fully saturated rings. The minimum atomic E-state index is -0.151. The number of carbonyl (C=O) groups excluding carboxylic acids is 2. The van der Waals surface area contributed by atoms with E-state index in [0.717, 1.165) is 18.7 Å². The molecule has 9 heteroatoms. The highest BCUT2D eigenvalue weighted by Crippen LogP contribution is 2.35. The zero-order valence-electron chi connectivity index (χ0n) is 18.4. The van der Waals surface area contributed by atoms with Crippen LogP contribution >= 0.6 is 11.6 Å². The third-order valence-corrected chi connectivity index (χ3v) is 5.58. The number of rotatable bonds is 9. The zero-order valence-corrected chi connectivity index (χ0v) is 19.2. The van der Waals surface area contributed by atoms with Crippen molar-refractivity contribution in [3.05, 3.63) is 53.1 Å². The van der Waals surface area contributed by atoms with Crippen molar-refractivity contribution in [1.29, 1.82) is 0 Å². The molecule has 0 saturated carbocycles. The van der Waals surface area contributed by atoms with Crippen molar-refractivity contribution in [2.75, 3.05) is 58.8 Å². The van der Waals surface area contributed by atoms with Crippen molar-refractivity contribution >= 4 is 29.1 Å². The van der Waals surface area contributed by atoms with Crippen molar-refractivity contribution in [1.82, 2.24) is 15.1 Å². The topological polar surface area (TPSA) is 83.1 Å². The number of halogens is 1. The van der Waals surface area contributed by atoms with E-state index < -0.39 is 0 Å². The molecule has 0 spiro atoms. The molecule has 2 aromatic carbocycles. The van der Waals surface area contributed by atoms with Crippen LogP contribution in [0.15, 0.2) is 42.5 Å². The van der Waals surface area contributed by atoms with Gasteiger partial charge in [-0.15, -0.1) is 0 Å². The first kappa shape index (κ1) is 23.8. The van der Waals surface area contributed by atoms with E-state index in [1.165, 1.54) is 14.2 Å². The van der Waals surface area contributed by atoms with E-state index in [-0.39, 0.29) is 18.4 Å². The van der Waals surface area contributed by atoms with Crippen LogP contribution in [0.1, 0.15) is 5.56 Å². The quantitative estimate of drug-likeness (QED) is 0.597. The number of ether oxygens (including phenoxy) is 2. The Balaban J connectivity index is 1.42. The van der Waals surface area contributed by atoms with Gasteiger partial charge < -0.3 is 20.1 Å². The number of piperazine rings is 1. The average molecular weight is 461 g/mol. The second kappa shape index (κ2) is 11.7. The Bertz CT molecular complexity index is 918. The molecule has 1 heterocycles. The van der Waals surface area contributed by atoms with Gasteiger partial charge in [-0.1, -0.05) is 41.9 Å². The Morgan fingerprint density at radius 1 is 0.906 bits per heavy atom. The van der Waals surface area contributed by atoms with Gasteiger partial charge in [0.25, 0.3) is 0 Å². The van der Waals surface area contributed by atoms with Gasteiger partial charge in [0.15, 0.2) is 0 Å². The molecule has 0 aliphatic carbocycles. The largest absolute Gasteiger partial charge is 0.495 e. The molecule has 0 radical (unpaired) electrons. The number of nitrogens with zero attached hydrogens (tertiary/aromatic N) is 2. The van der Waals surface area contributed by atoms with Crippen LogP contribution < -0.4 is 20.1 Å². The van der Waals surface area contributed by atoms with Crippen LogP contribution in [-0.2, 0) is 16.1 Å². The third kappa shape index (κ3) is 6.85. The minimum absolute atomic E-state index is 0.00354. The highest BCUT2D eigenvalue weighted by Gasteiger charge is 2.21. The molecule has 0 unspecified atom stereocenters. The monoisotopic (exact) mass is 460 g/mol.